The number of rotatable bonds is 3. The number of piperazine rings is 1. The molecule has 0 radical (unpaired) electrons. The van der Waals surface area contributed by atoms with Crippen LogP contribution in [0.15, 0.2) is 22.8 Å². The molecule has 1 aromatic heterocycles. The Bertz CT molecular complexity index is 354. The molecular weight excluding hydrogens is 218 g/mol. The Morgan fingerprint density at radius 1 is 1.47 bits per heavy atom. The standard InChI is InChI=1S/C12H19N3O2/c1-10(13)12(16)15-6-4-14(5-7-15)9-11-3-2-8-17-11/h2-3,8,10H,4-7,9,13H2,1H3. The normalized spacial score (nSPS) is 19.3. The maximum atomic E-state index is 11.7. The van der Waals surface area contributed by atoms with Gasteiger partial charge in [0.25, 0.3) is 0 Å². The second-order valence-electron chi connectivity index (χ2n) is 4.47. The van der Waals surface area contributed by atoms with Crippen molar-refractivity contribution in [2.24, 2.45) is 5.73 Å². The first-order valence-electron chi connectivity index (χ1n) is 5.96. The Morgan fingerprint density at radius 3 is 2.71 bits per heavy atom. The van der Waals surface area contributed by atoms with Crippen LogP contribution in [0.4, 0.5) is 0 Å². The molecule has 0 spiro atoms. The first kappa shape index (κ1) is 12.1. The third-order valence-corrected chi connectivity index (χ3v) is 3.03. The molecular formula is C12H19N3O2. The molecule has 1 aliphatic heterocycles. The highest BCUT2D eigenvalue weighted by molar-refractivity contribution is 5.81. The smallest absolute Gasteiger partial charge is 0.239 e. The van der Waals surface area contributed by atoms with Crippen LogP contribution in [0.25, 0.3) is 0 Å². The van der Waals surface area contributed by atoms with Crippen molar-refractivity contribution < 1.29 is 9.21 Å². The molecule has 5 heteroatoms. The molecule has 5 nitrogen and oxygen atoms in total. The summed E-state index contributed by atoms with van der Waals surface area (Å²) in [4.78, 5) is 15.8. The van der Waals surface area contributed by atoms with Gasteiger partial charge in [0, 0.05) is 26.2 Å². The van der Waals surface area contributed by atoms with Crippen LogP contribution in [0, 0.1) is 0 Å². The fourth-order valence-corrected chi connectivity index (χ4v) is 2.04. The number of hydrogen-bond donors (Lipinski definition) is 1. The van der Waals surface area contributed by atoms with E-state index in [4.69, 9.17) is 10.2 Å². The van der Waals surface area contributed by atoms with E-state index < -0.39 is 6.04 Å². The van der Waals surface area contributed by atoms with Gasteiger partial charge in [0.1, 0.15) is 5.76 Å². The monoisotopic (exact) mass is 237 g/mol. The van der Waals surface area contributed by atoms with E-state index in [-0.39, 0.29) is 5.91 Å². The third-order valence-electron chi connectivity index (χ3n) is 3.03. The van der Waals surface area contributed by atoms with Crippen molar-refractivity contribution in [2.75, 3.05) is 26.2 Å². The molecule has 2 N–H and O–H groups in total. The Balaban J connectivity index is 1.80. The minimum Gasteiger partial charge on any atom is -0.468 e. The van der Waals surface area contributed by atoms with Crippen LogP contribution in [0.1, 0.15) is 12.7 Å². The van der Waals surface area contributed by atoms with Crippen molar-refractivity contribution in [1.29, 1.82) is 0 Å². The van der Waals surface area contributed by atoms with E-state index in [2.05, 4.69) is 4.90 Å². The lowest BCUT2D eigenvalue weighted by Crippen LogP contribution is -2.52. The highest BCUT2D eigenvalue weighted by atomic mass is 16.3. The van der Waals surface area contributed by atoms with E-state index in [1.165, 1.54) is 0 Å². The van der Waals surface area contributed by atoms with Crippen molar-refractivity contribution in [3.63, 3.8) is 0 Å². The van der Waals surface area contributed by atoms with Gasteiger partial charge in [-0.05, 0) is 19.1 Å². The Morgan fingerprint density at radius 2 is 2.18 bits per heavy atom. The van der Waals surface area contributed by atoms with E-state index in [9.17, 15) is 4.79 Å². The summed E-state index contributed by atoms with van der Waals surface area (Å²) in [6.45, 7) is 5.80. The molecule has 94 valence electrons. The molecule has 1 aromatic rings. The summed E-state index contributed by atoms with van der Waals surface area (Å²) >= 11 is 0. The van der Waals surface area contributed by atoms with Crippen LogP contribution >= 0.6 is 0 Å². The van der Waals surface area contributed by atoms with Gasteiger partial charge < -0.3 is 15.1 Å². The fourth-order valence-electron chi connectivity index (χ4n) is 2.04. The average molecular weight is 237 g/mol. The largest absolute Gasteiger partial charge is 0.468 e. The summed E-state index contributed by atoms with van der Waals surface area (Å²) in [5, 5.41) is 0. The lowest BCUT2D eigenvalue weighted by Gasteiger charge is -2.35. The fraction of sp³-hybridized carbons (Fsp3) is 0.583. The molecule has 0 bridgehead atoms. The second-order valence-corrected chi connectivity index (χ2v) is 4.47. The van der Waals surface area contributed by atoms with Crippen LogP contribution in [-0.4, -0.2) is 47.9 Å². The summed E-state index contributed by atoms with van der Waals surface area (Å²) in [5.41, 5.74) is 5.59. The average Bonchev–Trinajstić information content (AvgIpc) is 2.82. The zero-order valence-electron chi connectivity index (χ0n) is 10.1. The van der Waals surface area contributed by atoms with Crippen molar-refractivity contribution in [1.82, 2.24) is 9.80 Å². The lowest BCUT2D eigenvalue weighted by molar-refractivity contribution is -0.134. The van der Waals surface area contributed by atoms with Crippen LogP contribution in [0.2, 0.25) is 0 Å². The van der Waals surface area contributed by atoms with Gasteiger partial charge in [-0.15, -0.1) is 0 Å². The van der Waals surface area contributed by atoms with Crippen molar-refractivity contribution in [3.05, 3.63) is 24.2 Å². The molecule has 1 atom stereocenters. The van der Waals surface area contributed by atoms with E-state index in [0.717, 1.165) is 38.5 Å². The van der Waals surface area contributed by atoms with Gasteiger partial charge in [-0.25, -0.2) is 0 Å². The molecule has 2 heterocycles. The number of nitrogens with zero attached hydrogens (tertiary/aromatic N) is 2. The topological polar surface area (TPSA) is 62.7 Å². The summed E-state index contributed by atoms with van der Waals surface area (Å²) in [6.07, 6.45) is 1.69. The first-order valence-corrected chi connectivity index (χ1v) is 5.96. The number of carbonyl (C=O) groups is 1. The van der Waals surface area contributed by atoms with Crippen LogP contribution < -0.4 is 5.73 Å². The van der Waals surface area contributed by atoms with Gasteiger partial charge in [0.05, 0.1) is 18.8 Å². The van der Waals surface area contributed by atoms with Crippen LogP contribution in [0.3, 0.4) is 0 Å². The Kier molecular flexibility index (Phi) is 3.81. The highest BCUT2D eigenvalue weighted by Gasteiger charge is 2.23. The minimum atomic E-state index is -0.397. The molecule has 17 heavy (non-hydrogen) atoms. The zero-order chi connectivity index (χ0) is 12.3. The molecule has 0 saturated carbocycles. The molecule has 1 amide bonds. The minimum absolute atomic E-state index is 0.0441. The predicted molar refractivity (Wildman–Crippen MR) is 64.2 cm³/mol. The summed E-state index contributed by atoms with van der Waals surface area (Å²) in [7, 11) is 0. The van der Waals surface area contributed by atoms with Gasteiger partial charge in [-0.3, -0.25) is 9.69 Å². The van der Waals surface area contributed by atoms with Gasteiger partial charge in [0.15, 0.2) is 0 Å². The summed E-state index contributed by atoms with van der Waals surface area (Å²) < 4.78 is 5.31. The molecule has 1 saturated heterocycles. The van der Waals surface area contributed by atoms with E-state index >= 15 is 0 Å². The SMILES string of the molecule is CC(N)C(=O)N1CCN(Cc2ccco2)CC1. The van der Waals surface area contributed by atoms with Crippen molar-refractivity contribution >= 4 is 5.91 Å². The maximum absolute atomic E-state index is 11.7. The number of hydrogen-bond acceptors (Lipinski definition) is 4. The van der Waals surface area contributed by atoms with Crippen molar-refractivity contribution in [3.8, 4) is 0 Å². The summed E-state index contributed by atoms with van der Waals surface area (Å²) in [6, 6.07) is 3.47. The molecule has 0 aliphatic carbocycles. The van der Waals surface area contributed by atoms with Gasteiger partial charge in [-0.1, -0.05) is 0 Å². The number of amides is 1. The third kappa shape index (κ3) is 3.08. The van der Waals surface area contributed by atoms with E-state index in [1.807, 2.05) is 17.0 Å². The van der Waals surface area contributed by atoms with E-state index in [0.29, 0.717) is 0 Å². The number of furan rings is 1. The van der Waals surface area contributed by atoms with E-state index in [1.54, 1.807) is 13.2 Å². The number of carbonyl (C=O) groups excluding carboxylic acids is 1. The Hall–Kier alpha value is -1.33. The van der Waals surface area contributed by atoms with Gasteiger partial charge >= 0.3 is 0 Å². The lowest BCUT2D eigenvalue weighted by atomic mass is 10.2. The number of nitrogens with two attached hydrogens (primary N) is 1. The van der Waals surface area contributed by atoms with Gasteiger partial charge in [-0.2, -0.15) is 0 Å². The first-order chi connectivity index (χ1) is 8.16. The zero-order valence-corrected chi connectivity index (χ0v) is 10.1. The molecule has 1 aliphatic rings. The second kappa shape index (κ2) is 5.33. The molecule has 1 fully saturated rings. The van der Waals surface area contributed by atoms with Crippen LogP contribution in [0.5, 0.6) is 0 Å². The van der Waals surface area contributed by atoms with Crippen molar-refractivity contribution in [2.45, 2.75) is 19.5 Å². The quantitative estimate of drug-likeness (QED) is 0.819. The molecule has 2 rings (SSSR count). The van der Waals surface area contributed by atoms with Crippen LogP contribution in [-0.2, 0) is 11.3 Å². The molecule has 1 unspecified atom stereocenters. The predicted octanol–water partition coefficient (Wildman–Crippen LogP) is 0.271. The summed E-state index contributed by atoms with van der Waals surface area (Å²) in [5.74, 6) is 1.01. The van der Waals surface area contributed by atoms with Gasteiger partial charge in [0.2, 0.25) is 5.91 Å². The Labute approximate surface area is 101 Å². The highest BCUT2D eigenvalue weighted by Crippen LogP contribution is 2.09. The molecule has 0 aromatic carbocycles. The maximum Gasteiger partial charge on any atom is 0.239 e.